The Bertz CT molecular complexity index is 883. The Balaban J connectivity index is 1.93. The van der Waals surface area contributed by atoms with E-state index < -0.39 is 0 Å². The maximum absolute atomic E-state index is 12.4. The molecule has 0 aliphatic heterocycles. The number of carbonyl (C=O) groups is 1. The first kappa shape index (κ1) is 14.8. The Morgan fingerprint density at radius 3 is 2.64 bits per heavy atom. The van der Waals surface area contributed by atoms with Crippen LogP contribution in [0.5, 0.6) is 0 Å². The van der Waals surface area contributed by atoms with Crippen LogP contribution in [0, 0.1) is 20.8 Å². The smallest absolute Gasteiger partial charge is 0.273 e. The van der Waals surface area contributed by atoms with Gasteiger partial charge in [-0.05, 0) is 66.0 Å². The van der Waals surface area contributed by atoms with E-state index in [1.807, 2.05) is 32.9 Å². The minimum Gasteiger partial charge on any atom is -0.350 e. The fourth-order valence-corrected chi connectivity index (χ4v) is 3.10. The van der Waals surface area contributed by atoms with Gasteiger partial charge in [0.2, 0.25) is 0 Å². The number of nitrogens with one attached hydrogen (secondary N) is 2. The third kappa shape index (κ3) is 2.76. The van der Waals surface area contributed by atoms with Crippen molar-refractivity contribution in [2.75, 3.05) is 5.32 Å². The molecular weight excluding hydrogens is 342 g/mol. The molecular formula is C17H16BrN3O. The zero-order valence-electron chi connectivity index (χ0n) is 12.6. The van der Waals surface area contributed by atoms with Crippen molar-refractivity contribution in [2.24, 2.45) is 0 Å². The molecule has 0 aliphatic rings. The summed E-state index contributed by atoms with van der Waals surface area (Å²) in [5, 5.41) is 3.86. The number of hydrogen-bond acceptors (Lipinski definition) is 2. The third-order valence-corrected chi connectivity index (χ3v) is 4.13. The van der Waals surface area contributed by atoms with Crippen molar-refractivity contribution < 1.29 is 4.79 Å². The normalized spacial score (nSPS) is 10.9. The molecule has 2 aromatic heterocycles. The lowest BCUT2D eigenvalue weighted by molar-refractivity contribution is 0.102. The highest BCUT2D eigenvalue weighted by molar-refractivity contribution is 9.10. The standard InChI is InChI=1S/C17H16BrN3O/c1-9-4-11(3)15-12(5-9)7-14(20-15)17(22)21-16-13(18)6-10(2)8-19-16/h4-8,20H,1-3H3,(H,19,21,22). The number of hydrogen-bond donors (Lipinski definition) is 2. The van der Waals surface area contributed by atoms with Gasteiger partial charge < -0.3 is 10.3 Å². The highest BCUT2D eigenvalue weighted by atomic mass is 79.9. The van der Waals surface area contributed by atoms with Crippen LogP contribution < -0.4 is 5.32 Å². The molecule has 4 nitrogen and oxygen atoms in total. The van der Waals surface area contributed by atoms with Crippen molar-refractivity contribution in [2.45, 2.75) is 20.8 Å². The summed E-state index contributed by atoms with van der Waals surface area (Å²) in [6, 6.07) is 7.95. The van der Waals surface area contributed by atoms with Crippen LogP contribution in [0.1, 0.15) is 27.2 Å². The van der Waals surface area contributed by atoms with Gasteiger partial charge in [0.25, 0.3) is 5.91 Å². The van der Waals surface area contributed by atoms with Crippen molar-refractivity contribution in [1.29, 1.82) is 0 Å². The van der Waals surface area contributed by atoms with Gasteiger partial charge in [0, 0.05) is 17.1 Å². The Morgan fingerprint density at radius 2 is 1.91 bits per heavy atom. The first-order chi connectivity index (χ1) is 10.4. The van der Waals surface area contributed by atoms with Gasteiger partial charge in [-0.3, -0.25) is 4.79 Å². The number of anilines is 1. The zero-order valence-corrected chi connectivity index (χ0v) is 14.2. The molecule has 3 rings (SSSR count). The molecule has 22 heavy (non-hydrogen) atoms. The largest absolute Gasteiger partial charge is 0.350 e. The number of halogens is 1. The van der Waals surface area contributed by atoms with Crippen molar-refractivity contribution in [1.82, 2.24) is 9.97 Å². The second kappa shape index (κ2) is 5.57. The number of fused-ring (bicyclic) bond motifs is 1. The first-order valence-corrected chi connectivity index (χ1v) is 7.77. The molecule has 2 heterocycles. The molecule has 0 unspecified atom stereocenters. The van der Waals surface area contributed by atoms with Crippen molar-refractivity contribution in [3.63, 3.8) is 0 Å². The highest BCUT2D eigenvalue weighted by Crippen LogP contribution is 2.24. The van der Waals surface area contributed by atoms with E-state index in [0.717, 1.165) is 26.5 Å². The number of nitrogens with zero attached hydrogens (tertiary/aromatic N) is 1. The number of aromatic amines is 1. The lowest BCUT2D eigenvalue weighted by atomic mass is 10.1. The summed E-state index contributed by atoms with van der Waals surface area (Å²) in [6.07, 6.45) is 1.72. The van der Waals surface area contributed by atoms with Gasteiger partial charge in [-0.2, -0.15) is 0 Å². The summed E-state index contributed by atoms with van der Waals surface area (Å²) < 4.78 is 0.768. The molecule has 1 amide bonds. The average molecular weight is 358 g/mol. The number of benzene rings is 1. The minimum absolute atomic E-state index is 0.203. The van der Waals surface area contributed by atoms with Crippen LogP contribution in [0.15, 0.2) is 34.9 Å². The summed E-state index contributed by atoms with van der Waals surface area (Å²) >= 11 is 3.42. The number of carbonyl (C=O) groups excluding carboxylic acids is 1. The van der Waals surface area contributed by atoms with E-state index >= 15 is 0 Å². The van der Waals surface area contributed by atoms with Gasteiger partial charge in [-0.15, -0.1) is 0 Å². The SMILES string of the molecule is Cc1cnc(NC(=O)c2cc3cc(C)cc(C)c3[nH]2)c(Br)c1. The maximum Gasteiger partial charge on any atom is 0.273 e. The molecule has 5 heteroatoms. The number of amides is 1. The number of rotatable bonds is 2. The van der Waals surface area contributed by atoms with Crippen LogP contribution in [0.4, 0.5) is 5.82 Å². The predicted octanol–water partition coefficient (Wildman–Crippen LogP) is 4.50. The highest BCUT2D eigenvalue weighted by Gasteiger charge is 2.13. The van der Waals surface area contributed by atoms with Gasteiger partial charge in [-0.25, -0.2) is 4.98 Å². The molecule has 0 aliphatic carbocycles. The summed E-state index contributed by atoms with van der Waals surface area (Å²) in [4.78, 5) is 19.8. The van der Waals surface area contributed by atoms with E-state index in [0.29, 0.717) is 11.5 Å². The lowest BCUT2D eigenvalue weighted by Crippen LogP contribution is -2.13. The topological polar surface area (TPSA) is 57.8 Å². The van der Waals surface area contributed by atoms with Crippen LogP contribution in [-0.4, -0.2) is 15.9 Å². The summed E-state index contributed by atoms with van der Waals surface area (Å²) in [7, 11) is 0. The molecule has 112 valence electrons. The monoisotopic (exact) mass is 357 g/mol. The van der Waals surface area contributed by atoms with Crippen molar-refractivity contribution in [3.8, 4) is 0 Å². The number of aryl methyl sites for hydroxylation is 3. The van der Waals surface area contributed by atoms with Crippen LogP contribution in [0.2, 0.25) is 0 Å². The lowest BCUT2D eigenvalue weighted by Gasteiger charge is -2.05. The zero-order chi connectivity index (χ0) is 15.9. The third-order valence-electron chi connectivity index (χ3n) is 3.52. The van der Waals surface area contributed by atoms with Gasteiger partial charge >= 0.3 is 0 Å². The molecule has 0 atom stereocenters. The quantitative estimate of drug-likeness (QED) is 0.709. The Labute approximate surface area is 137 Å². The Hall–Kier alpha value is -2.14. The predicted molar refractivity (Wildman–Crippen MR) is 92.4 cm³/mol. The van der Waals surface area contributed by atoms with Gasteiger partial charge in [0.05, 0.1) is 4.47 Å². The summed E-state index contributed by atoms with van der Waals surface area (Å²) in [5.74, 6) is 0.312. The van der Waals surface area contributed by atoms with E-state index in [4.69, 9.17) is 0 Å². The van der Waals surface area contributed by atoms with E-state index in [1.54, 1.807) is 6.20 Å². The van der Waals surface area contributed by atoms with E-state index in [1.165, 1.54) is 5.56 Å². The number of aromatic nitrogens is 2. The fraction of sp³-hybridized carbons (Fsp3) is 0.176. The van der Waals surface area contributed by atoms with Gasteiger partial charge in [0.1, 0.15) is 11.5 Å². The summed E-state index contributed by atoms with van der Waals surface area (Å²) in [6.45, 7) is 6.03. The molecule has 1 aromatic carbocycles. The maximum atomic E-state index is 12.4. The van der Waals surface area contributed by atoms with E-state index in [-0.39, 0.29) is 5.91 Å². The van der Waals surface area contributed by atoms with Crippen LogP contribution in [0.3, 0.4) is 0 Å². The first-order valence-electron chi connectivity index (χ1n) is 6.97. The fourth-order valence-electron chi connectivity index (χ4n) is 2.53. The molecule has 2 N–H and O–H groups in total. The van der Waals surface area contributed by atoms with Gasteiger partial charge in [-0.1, -0.05) is 11.6 Å². The van der Waals surface area contributed by atoms with E-state index in [9.17, 15) is 4.79 Å². The Morgan fingerprint density at radius 1 is 1.14 bits per heavy atom. The molecule has 0 saturated carbocycles. The van der Waals surface area contributed by atoms with Crippen molar-refractivity contribution >= 4 is 38.6 Å². The number of H-pyrrole nitrogens is 1. The van der Waals surface area contributed by atoms with Crippen LogP contribution >= 0.6 is 15.9 Å². The average Bonchev–Trinajstić information content (AvgIpc) is 2.86. The Kier molecular flexibility index (Phi) is 3.74. The molecule has 0 bridgehead atoms. The second-order valence-corrected chi connectivity index (χ2v) is 6.38. The number of pyridine rings is 1. The van der Waals surface area contributed by atoms with Crippen LogP contribution in [0.25, 0.3) is 10.9 Å². The summed E-state index contributed by atoms with van der Waals surface area (Å²) in [5.41, 5.74) is 4.86. The van der Waals surface area contributed by atoms with Crippen molar-refractivity contribution in [3.05, 3.63) is 57.3 Å². The molecule has 0 fully saturated rings. The molecule has 0 saturated heterocycles. The van der Waals surface area contributed by atoms with E-state index in [2.05, 4.69) is 43.3 Å². The van der Waals surface area contributed by atoms with Gasteiger partial charge in [0.15, 0.2) is 0 Å². The molecule has 0 spiro atoms. The van der Waals surface area contributed by atoms with Crippen LogP contribution in [-0.2, 0) is 0 Å². The second-order valence-electron chi connectivity index (χ2n) is 5.53. The minimum atomic E-state index is -0.203. The molecule has 0 radical (unpaired) electrons. The molecule has 3 aromatic rings.